The van der Waals surface area contributed by atoms with Gasteiger partial charge in [0.15, 0.2) is 0 Å². The van der Waals surface area contributed by atoms with E-state index in [4.69, 9.17) is 0 Å². The zero-order chi connectivity index (χ0) is 21.1. The average Bonchev–Trinajstić information content (AvgIpc) is 2.74. The summed E-state index contributed by atoms with van der Waals surface area (Å²) in [6.07, 6.45) is 3.23. The molecule has 0 atom stereocenters. The molecule has 4 rings (SSSR count). The van der Waals surface area contributed by atoms with E-state index in [0.29, 0.717) is 22.7 Å². The fourth-order valence-corrected chi connectivity index (χ4v) is 2.91. The molecule has 0 spiro atoms. The van der Waals surface area contributed by atoms with E-state index in [2.05, 4.69) is 30.6 Å². The van der Waals surface area contributed by atoms with E-state index in [-0.39, 0.29) is 5.91 Å². The monoisotopic (exact) mass is 399 g/mol. The average molecular weight is 399 g/mol. The van der Waals surface area contributed by atoms with Crippen molar-refractivity contribution in [1.82, 2.24) is 19.9 Å². The summed E-state index contributed by atoms with van der Waals surface area (Å²) in [7, 11) is 3.87. The Morgan fingerprint density at radius 1 is 0.867 bits per heavy atom. The summed E-state index contributed by atoms with van der Waals surface area (Å²) in [6, 6.07) is 14.5. The van der Waals surface area contributed by atoms with Crippen molar-refractivity contribution in [3.63, 3.8) is 0 Å². The van der Waals surface area contributed by atoms with E-state index in [0.717, 1.165) is 22.7 Å². The second-order valence-electron chi connectivity index (χ2n) is 7.00. The number of amides is 1. The Balaban J connectivity index is 1.46. The van der Waals surface area contributed by atoms with Gasteiger partial charge in [0.25, 0.3) is 5.91 Å². The number of rotatable bonds is 5. The molecular formula is C22H21N7O. The molecule has 4 aromatic rings. The molecule has 0 fully saturated rings. The van der Waals surface area contributed by atoms with Gasteiger partial charge in [-0.05, 0) is 49.4 Å². The van der Waals surface area contributed by atoms with Crippen LogP contribution >= 0.6 is 0 Å². The van der Waals surface area contributed by atoms with Crippen molar-refractivity contribution in [3.8, 4) is 0 Å². The third-order valence-corrected chi connectivity index (χ3v) is 4.43. The molecular weight excluding hydrogens is 378 g/mol. The Hall–Kier alpha value is -4.07. The van der Waals surface area contributed by atoms with Crippen LogP contribution in [0.3, 0.4) is 0 Å². The molecule has 0 aliphatic rings. The highest BCUT2D eigenvalue weighted by atomic mass is 16.1. The van der Waals surface area contributed by atoms with Gasteiger partial charge in [0.1, 0.15) is 5.82 Å². The maximum Gasteiger partial charge on any atom is 0.255 e. The minimum atomic E-state index is -0.207. The molecule has 2 aromatic heterocycles. The summed E-state index contributed by atoms with van der Waals surface area (Å²) in [5, 5.41) is 6.09. The quantitative estimate of drug-likeness (QED) is 0.527. The summed E-state index contributed by atoms with van der Waals surface area (Å²) in [6.45, 7) is 1.93. The Morgan fingerprint density at radius 2 is 1.57 bits per heavy atom. The number of carbonyl (C=O) groups excluding carboxylic acids is 1. The number of aromatic nitrogens is 4. The van der Waals surface area contributed by atoms with Crippen LogP contribution in [-0.2, 0) is 0 Å². The largest absolute Gasteiger partial charge is 0.363 e. The van der Waals surface area contributed by atoms with Gasteiger partial charge < -0.3 is 15.5 Å². The second kappa shape index (κ2) is 8.12. The third-order valence-electron chi connectivity index (χ3n) is 4.43. The first-order valence-electron chi connectivity index (χ1n) is 9.40. The summed E-state index contributed by atoms with van der Waals surface area (Å²) < 4.78 is 0. The van der Waals surface area contributed by atoms with Gasteiger partial charge in [0.05, 0.1) is 11.0 Å². The van der Waals surface area contributed by atoms with E-state index in [1.807, 2.05) is 56.3 Å². The second-order valence-corrected chi connectivity index (χ2v) is 7.00. The molecule has 0 aliphatic heterocycles. The minimum Gasteiger partial charge on any atom is -0.363 e. The Labute approximate surface area is 174 Å². The SMILES string of the molecule is Cc1cc(N(C)C)nc(Nc2ccc(NC(=O)c3ccc4nccnc4c3)cc2)n1. The van der Waals surface area contributed by atoms with Crippen molar-refractivity contribution in [1.29, 1.82) is 0 Å². The maximum absolute atomic E-state index is 12.6. The molecule has 2 aromatic carbocycles. The van der Waals surface area contributed by atoms with E-state index in [1.54, 1.807) is 30.6 Å². The van der Waals surface area contributed by atoms with Gasteiger partial charge >= 0.3 is 0 Å². The van der Waals surface area contributed by atoms with Crippen LogP contribution in [0.4, 0.5) is 23.1 Å². The number of hydrogen-bond acceptors (Lipinski definition) is 7. The molecule has 0 bridgehead atoms. The zero-order valence-corrected chi connectivity index (χ0v) is 16.9. The van der Waals surface area contributed by atoms with Gasteiger partial charge in [-0.15, -0.1) is 0 Å². The zero-order valence-electron chi connectivity index (χ0n) is 16.9. The molecule has 0 saturated carbocycles. The molecule has 8 heteroatoms. The summed E-state index contributed by atoms with van der Waals surface area (Å²) in [5.74, 6) is 1.14. The maximum atomic E-state index is 12.6. The first kappa shape index (κ1) is 19.3. The summed E-state index contributed by atoms with van der Waals surface area (Å²) in [4.78, 5) is 31.9. The van der Waals surface area contributed by atoms with Crippen molar-refractivity contribution in [2.75, 3.05) is 29.6 Å². The lowest BCUT2D eigenvalue weighted by Crippen LogP contribution is -2.13. The Bertz CT molecular complexity index is 1210. The van der Waals surface area contributed by atoms with Crippen LogP contribution in [0.25, 0.3) is 11.0 Å². The van der Waals surface area contributed by atoms with Crippen molar-refractivity contribution in [2.45, 2.75) is 6.92 Å². The minimum absolute atomic E-state index is 0.207. The molecule has 0 unspecified atom stereocenters. The molecule has 2 N–H and O–H groups in total. The Morgan fingerprint density at radius 3 is 2.30 bits per heavy atom. The standard InChI is InChI=1S/C22H21N7O/c1-14-12-20(29(2)3)28-22(25-14)27-17-7-5-16(6-8-17)26-21(30)15-4-9-18-19(13-15)24-11-10-23-18/h4-13H,1-3H3,(H,26,30)(H,25,27,28). The molecule has 2 heterocycles. The molecule has 1 amide bonds. The smallest absolute Gasteiger partial charge is 0.255 e. The molecule has 0 radical (unpaired) electrons. The number of nitrogens with zero attached hydrogens (tertiary/aromatic N) is 5. The summed E-state index contributed by atoms with van der Waals surface area (Å²) in [5.41, 5.74) is 4.34. The van der Waals surface area contributed by atoms with Gasteiger partial charge in [-0.1, -0.05) is 0 Å². The lowest BCUT2D eigenvalue weighted by molar-refractivity contribution is 0.102. The number of nitrogens with one attached hydrogen (secondary N) is 2. The van der Waals surface area contributed by atoms with Crippen LogP contribution in [0.1, 0.15) is 16.1 Å². The topological polar surface area (TPSA) is 95.9 Å². The van der Waals surface area contributed by atoms with Crippen molar-refractivity contribution in [2.24, 2.45) is 0 Å². The number of fused-ring (bicyclic) bond motifs is 1. The number of anilines is 4. The molecule has 30 heavy (non-hydrogen) atoms. The van der Waals surface area contributed by atoms with Crippen LogP contribution in [0.2, 0.25) is 0 Å². The number of carbonyl (C=O) groups is 1. The Kier molecular flexibility index (Phi) is 5.21. The predicted octanol–water partition coefficient (Wildman–Crippen LogP) is 3.79. The van der Waals surface area contributed by atoms with Crippen molar-refractivity contribution in [3.05, 3.63) is 72.2 Å². The van der Waals surface area contributed by atoms with Crippen LogP contribution in [0.15, 0.2) is 60.9 Å². The van der Waals surface area contributed by atoms with Crippen LogP contribution in [-0.4, -0.2) is 39.9 Å². The van der Waals surface area contributed by atoms with E-state index < -0.39 is 0 Å². The van der Waals surface area contributed by atoms with Gasteiger partial charge in [-0.25, -0.2) is 4.98 Å². The number of benzene rings is 2. The fraction of sp³-hybridized carbons (Fsp3) is 0.136. The normalized spacial score (nSPS) is 10.6. The van der Waals surface area contributed by atoms with Crippen molar-refractivity contribution < 1.29 is 4.79 Å². The molecule has 150 valence electrons. The highest BCUT2D eigenvalue weighted by molar-refractivity contribution is 6.05. The first-order chi connectivity index (χ1) is 14.5. The molecule has 8 nitrogen and oxygen atoms in total. The van der Waals surface area contributed by atoms with Crippen molar-refractivity contribution >= 4 is 40.1 Å². The fourth-order valence-electron chi connectivity index (χ4n) is 2.91. The van der Waals surface area contributed by atoms with Crippen LogP contribution in [0.5, 0.6) is 0 Å². The van der Waals surface area contributed by atoms with Gasteiger partial charge in [-0.3, -0.25) is 14.8 Å². The van der Waals surface area contributed by atoms with Gasteiger partial charge in [0, 0.05) is 55.2 Å². The van der Waals surface area contributed by atoms with E-state index in [1.165, 1.54) is 0 Å². The third kappa shape index (κ3) is 4.33. The van der Waals surface area contributed by atoms with Gasteiger partial charge in [0.2, 0.25) is 5.95 Å². The summed E-state index contributed by atoms with van der Waals surface area (Å²) >= 11 is 0. The highest BCUT2D eigenvalue weighted by Gasteiger charge is 2.09. The molecule has 0 aliphatic carbocycles. The highest BCUT2D eigenvalue weighted by Crippen LogP contribution is 2.20. The lowest BCUT2D eigenvalue weighted by atomic mass is 10.1. The van der Waals surface area contributed by atoms with E-state index in [9.17, 15) is 4.79 Å². The van der Waals surface area contributed by atoms with Crippen LogP contribution < -0.4 is 15.5 Å². The first-order valence-corrected chi connectivity index (χ1v) is 9.40. The van der Waals surface area contributed by atoms with E-state index >= 15 is 0 Å². The van der Waals surface area contributed by atoms with Crippen LogP contribution in [0, 0.1) is 6.92 Å². The molecule has 0 saturated heterocycles. The van der Waals surface area contributed by atoms with Gasteiger partial charge in [-0.2, -0.15) is 4.98 Å². The predicted molar refractivity (Wildman–Crippen MR) is 118 cm³/mol. The number of hydrogen-bond donors (Lipinski definition) is 2. The number of aryl methyl sites for hydroxylation is 1. The lowest BCUT2D eigenvalue weighted by Gasteiger charge is -2.14.